The number of aliphatic hydroxyl groups is 2. The van der Waals surface area contributed by atoms with Crippen molar-refractivity contribution in [1.29, 1.82) is 0 Å². The van der Waals surface area contributed by atoms with Crippen LogP contribution in [0.5, 0.6) is 0 Å². The van der Waals surface area contributed by atoms with E-state index in [0.29, 0.717) is 22.6 Å². The zero-order valence-corrected chi connectivity index (χ0v) is 17.8. The van der Waals surface area contributed by atoms with Gasteiger partial charge in [0.05, 0.1) is 35.1 Å². The van der Waals surface area contributed by atoms with Gasteiger partial charge < -0.3 is 20.8 Å². The van der Waals surface area contributed by atoms with Crippen LogP contribution >= 0.6 is 11.3 Å². The largest absolute Gasteiger partial charge is 0.394 e. The highest BCUT2D eigenvalue weighted by Gasteiger charge is 2.19. The van der Waals surface area contributed by atoms with Gasteiger partial charge in [0.25, 0.3) is 11.8 Å². The van der Waals surface area contributed by atoms with Crippen molar-refractivity contribution in [2.75, 3.05) is 13.2 Å². The molecule has 1 aromatic heterocycles. The Morgan fingerprint density at radius 3 is 1.42 bits per heavy atom. The van der Waals surface area contributed by atoms with Crippen LogP contribution in [0.15, 0.2) is 72.8 Å². The minimum atomic E-state index is -0.418. The first-order chi connectivity index (χ1) is 15.1. The first-order valence-electron chi connectivity index (χ1n) is 10.1. The number of carbonyl (C=O) groups excluding carboxylic acids is 2. The zero-order valence-electron chi connectivity index (χ0n) is 17.0. The van der Waals surface area contributed by atoms with Crippen LogP contribution in [0, 0.1) is 0 Å². The molecule has 2 unspecified atom stereocenters. The summed E-state index contributed by atoms with van der Waals surface area (Å²) in [6.45, 7) is -0.367. The summed E-state index contributed by atoms with van der Waals surface area (Å²) in [4.78, 5) is 25.9. The van der Waals surface area contributed by atoms with Crippen molar-refractivity contribution < 1.29 is 19.8 Å². The molecule has 0 bridgehead atoms. The molecule has 3 rings (SSSR count). The normalized spacial score (nSPS) is 12.7. The average Bonchev–Trinajstić information content (AvgIpc) is 3.30. The van der Waals surface area contributed by atoms with Gasteiger partial charge in [-0.3, -0.25) is 9.59 Å². The lowest BCUT2D eigenvalue weighted by atomic mass is 10.1. The first-order valence-corrected chi connectivity index (χ1v) is 10.9. The maximum absolute atomic E-state index is 12.6. The molecular formula is C24H26N2O4S. The van der Waals surface area contributed by atoms with E-state index >= 15 is 0 Å². The van der Waals surface area contributed by atoms with E-state index in [0.717, 1.165) is 22.5 Å². The highest BCUT2D eigenvalue weighted by Crippen LogP contribution is 2.17. The number of hydrogen-bond donors (Lipinski definition) is 4. The van der Waals surface area contributed by atoms with Crippen molar-refractivity contribution in [2.24, 2.45) is 0 Å². The van der Waals surface area contributed by atoms with Crippen molar-refractivity contribution in [2.45, 2.75) is 24.9 Å². The van der Waals surface area contributed by atoms with E-state index in [9.17, 15) is 19.8 Å². The highest BCUT2D eigenvalue weighted by atomic mass is 32.1. The van der Waals surface area contributed by atoms with Gasteiger partial charge in [0, 0.05) is 0 Å². The molecule has 0 fully saturated rings. The number of carbonyl (C=O) groups is 2. The molecule has 0 saturated carbocycles. The predicted molar refractivity (Wildman–Crippen MR) is 121 cm³/mol. The summed E-state index contributed by atoms with van der Waals surface area (Å²) in [7, 11) is 0. The fraction of sp³-hybridized carbons (Fsp3) is 0.250. The Kier molecular flexibility index (Phi) is 8.35. The lowest BCUT2D eigenvalue weighted by Gasteiger charge is -2.16. The molecule has 0 spiro atoms. The maximum atomic E-state index is 12.6. The Morgan fingerprint density at radius 1 is 0.677 bits per heavy atom. The molecule has 2 amide bonds. The SMILES string of the molecule is O=C(NC(CO)Cc1ccccc1)c1ccc(C(=O)NC(CO)Cc2ccccc2)s1. The standard InChI is InChI=1S/C24H26N2O4S/c27-15-19(13-17-7-3-1-4-8-17)25-23(29)21-11-12-22(31-21)24(30)26-20(16-28)14-18-9-5-2-6-10-18/h1-12,19-20,27-28H,13-16H2,(H,25,29)(H,26,30). The molecule has 0 aliphatic carbocycles. The zero-order chi connectivity index (χ0) is 22.1. The van der Waals surface area contributed by atoms with Crippen LogP contribution in [0.3, 0.4) is 0 Å². The second-order valence-electron chi connectivity index (χ2n) is 7.25. The van der Waals surface area contributed by atoms with E-state index in [-0.39, 0.29) is 25.0 Å². The number of hydrogen-bond acceptors (Lipinski definition) is 5. The summed E-state index contributed by atoms with van der Waals surface area (Å²) < 4.78 is 0. The molecule has 4 N–H and O–H groups in total. The summed E-state index contributed by atoms with van der Waals surface area (Å²) in [6, 6.07) is 21.6. The first kappa shape index (κ1) is 22.7. The molecule has 0 aliphatic heterocycles. The number of thiophene rings is 1. The number of amides is 2. The highest BCUT2D eigenvalue weighted by molar-refractivity contribution is 7.15. The molecule has 7 heteroatoms. The van der Waals surface area contributed by atoms with E-state index in [4.69, 9.17) is 0 Å². The van der Waals surface area contributed by atoms with Crippen LogP contribution in [0.25, 0.3) is 0 Å². The monoisotopic (exact) mass is 438 g/mol. The van der Waals surface area contributed by atoms with Crippen LogP contribution in [-0.2, 0) is 12.8 Å². The van der Waals surface area contributed by atoms with Crippen molar-refractivity contribution in [1.82, 2.24) is 10.6 Å². The third kappa shape index (κ3) is 6.75. The van der Waals surface area contributed by atoms with Gasteiger partial charge in [0.15, 0.2) is 0 Å². The molecule has 0 radical (unpaired) electrons. The molecule has 2 atom stereocenters. The Bertz CT molecular complexity index is 898. The quantitative estimate of drug-likeness (QED) is 0.391. The van der Waals surface area contributed by atoms with Crippen LogP contribution < -0.4 is 10.6 Å². The predicted octanol–water partition coefficient (Wildman–Crippen LogP) is 2.41. The van der Waals surface area contributed by atoms with Gasteiger partial charge in [0.1, 0.15) is 0 Å². The van der Waals surface area contributed by atoms with Crippen molar-refractivity contribution >= 4 is 23.2 Å². The van der Waals surface area contributed by atoms with E-state index in [1.165, 1.54) is 0 Å². The maximum Gasteiger partial charge on any atom is 0.261 e. The van der Waals surface area contributed by atoms with Gasteiger partial charge in [-0.1, -0.05) is 60.7 Å². The second kappa shape index (κ2) is 11.4. The molecule has 6 nitrogen and oxygen atoms in total. The van der Waals surface area contributed by atoms with Gasteiger partial charge in [-0.15, -0.1) is 11.3 Å². The Hall–Kier alpha value is -3.00. The number of aliphatic hydroxyl groups excluding tert-OH is 2. The van der Waals surface area contributed by atoms with Crippen LogP contribution in [-0.4, -0.2) is 47.3 Å². The Balaban J connectivity index is 1.57. The molecule has 2 aromatic carbocycles. The summed E-state index contributed by atoms with van der Waals surface area (Å²) in [5, 5.41) is 24.9. The van der Waals surface area contributed by atoms with Gasteiger partial charge in [-0.05, 0) is 36.1 Å². The molecular weight excluding hydrogens is 412 g/mol. The Labute approximate surface area is 185 Å². The lowest BCUT2D eigenvalue weighted by molar-refractivity contribution is 0.0914. The molecule has 0 saturated heterocycles. The van der Waals surface area contributed by atoms with Crippen LogP contribution in [0.4, 0.5) is 0 Å². The van der Waals surface area contributed by atoms with Crippen molar-refractivity contribution in [3.8, 4) is 0 Å². The summed E-state index contributed by atoms with van der Waals surface area (Å²) in [5.41, 5.74) is 2.03. The van der Waals surface area contributed by atoms with E-state index in [1.54, 1.807) is 12.1 Å². The fourth-order valence-electron chi connectivity index (χ4n) is 3.21. The minimum Gasteiger partial charge on any atom is -0.394 e. The van der Waals surface area contributed by atoms with Crippen LogP contribution in [0.2, 0.25) is 0 Å². The van der Waals surface area contributed by atoms with Gasteiger partial charge >= 0.3 is 0 Å². The number of nitrogens with one attached hydrogen (secondary N) is 2. The number of benzene rings is 2. The molecule has 162 valence electrons. The fourth-order valence-corrected chi connectivity index (χ4v) is 4.03. The number of rotatable bonds is 10. The van der Waals surface area contributed by atoms with Gasteiger partial charge in [-0.2, -0.15) is 0 Å². The third-order valence-electron chi connectivity index (χ3n) is 4.81. The summed E-state index contributed by atoms with van der Waals surface area (Å²) in [5.74, 6) is -0.663. The van der Waals surface area contributed by atoms with E-state index < -0.39 is 12.1 Å². The Morgan fingerprint density at radius 2 is 1.06 bits per heavy atom. The summed E-state index contributed by atoms with van der Waals surface area (Å²) >= 11 is 1.08. The van der Waals surface area contributed by atoms with Crippen molar-refractivity contribution in [3.63, 3.8) is 0 Å². The van der Waals surface area contributed by atoms with Gasteiger partial charge in [0.2, 0.25) is 0 Å². The molecule has 0 aliphatic rings. The smallest absolute Gasteiger partial charge is 0.261 e. The minimum absolute atomic E-state index is 0.184. The lowest BCUT2D eigenvalue weighted by Crippen LogP contribution is -2.39. The van der Waals surface area contributed by atoms with Gasteiger partial charge in [-0.25, -0.2) is 0 Å². The topological polar surface area (TPSA) is 98.7 Å². The van der Waals surface area contributed by atoms with E-state index in [2.05, 4.69) is 10.6 Å². The summed E-state index contributed by atoms with van der Waals surface area (Å²) in [6.07, 6.45) is 1.03. The molecule has 1 heterocycles. The van der Waals surface area contributed by atoms with Crippen LogP contribution in [0.1, 0.15) is 30.5 Å². The molecule has 31 heavy (non-hydrogen) atoms. The van der Waals surface area contributed by atoms with E-state index in [1.807, 2.05) is 60.7 Å². The third-order valence-corrected chi connectivity index (χ3v) is 5.90. The average molecular weight is 439 g/mol. The van der Waals surface area contributed by atoms with Crippen molar-refractivity contribution in [3.05, 3.63) is 93.7 Å². The second-order valence-corrected chi connectivity index (χ2v) is 8.33. The molecule has 3 aromatic rings.